The van der Waals surface area contributed by atoms with Crippen molar-refractivity contribution in [1.29, 1.82) is 0 Å². The van der Waals surface area contributed by atoms with Crippen LogP contribution in [-0.2, 0) is 0 Å². The highest BCUT2D eigenvalue weighted by Crippen LogP contribution is 2.44. The lowest BCUT2D eigenvalue weighted by atomic mass is 9.98. The van der Waals surface area contributed by atoms with Crippen molar-refractivity contribution in [2.45, 2.75) is 0 Å². The van der Waals surface area contributed by atoms with Gasteiger partial charge in [-0.25, -0.2) is 0 Å². The maximum absolute atomic E-state index is 2.46. The summed E-state index contributed by atoms with van der Waals surface area (Å²) in [5, 5.41) is 12.9. The number of hydrogen-bond donors (Lipinski definition) is 0. The van der Waals surface area contributed by atoms with E-state index in [9.17, 15) is 0 Å². The molecule has 0 unspecified atom stereocenters. The Morgan fingerprint density at radius 3 is 1.02 bits per heavy atom. The van der Waals surface area contributed by atoms with E-state index in [4.69, 9.17) is 0 Å². The molecule has 3 heteroatoms. The van der Waals surface area contributed by atoms with Gasteiger partial charge in [-0.1, -0.05) is 140 Å². The summed E-state index contributed by atoms with van der Waals surface area (Å²) in [6.45, 7) is 0. The van der Waals surface area contributed by atoms with Crippen molar-refractivity contribution in [3.8, 4) is 39.1 Å². The topological polar surface area (TPSA) is 13.8 Å². The van der Waals surface area contributed by atoms with Crippen LogP contribution >= 0.6 is 0 Å². The smallest absolute Gasteiger partial charge is 0.0620 e. The van der Waals surface area contributed by atoms with Crippen LogP contribution in [0.25, 0.3) is 137 Å². The van der Waals surface area contributed by atoms with Crippen LogP contribution in [0.3, 0.4) is 0 Å². The average molecular weight is 798 g/mol. The lowest BCUT2D eigenvalue weighted by molar-refractivity contribution is 1.18. The molecule has 290 valence electrons. The third-order valence-electron chi connectivity index (χ3n) is 14.1. The second-order valence-electron chi connectivity index (χ2n) is 17.3. The number of benzene rings is 10. The van der Waals surface area contributed by atoms with Gasteiger partial charge < -0.3 is 13.4 Å². The van der Waals surface area contributed by atoms with Gasteiger partial charge in [-0.3, -0.25) is 0 Å². The molecule has 3 nitrogen and oxygen atoms in total. The van der Waals surface area contributed by atoms with E-state index < -0.39 is 0 Å². The van der Waals surface area contributed by atoms with E-state index in [1.807, 2.05) is 0 Å². The van der Waals surface area contributed by atoms with E-state index >= 15 is 0 Å². The van der Waals surface area contributed by atoms with Crippen LogP contribution in [-0.4, -0.2) is 13.4 Å². The Balaban J connectivity index is 0.935. The monoisotopic (exact) mass is 797 g/mol. The standard InChI is InChI=1S/C60H35N3/c1-2-10-36(11-3-1)37-20-26-42(27-21-37)61-55-28-22-40(38-24-30-57-49(32-38)47-16-8-14-45-43-12-4-6-18-53(43)62(57)59(45)47)34-51(55)52-35-41(23-29-56(52)61)39-25-31-58-50(33-39)48-17-9-15-46-44-13-5-7-19-54(44)63(58)60(46)48/h1-35H. The molecule has 0 atom stereocenters. The van der Waals surface area contributed by atoms with E-state index in [1.54, 1.807) is 0 Å². The Morgan fingerprint density at radius 1 is 0.206 bits per heavy atom. The predicted molar refractivity (Wildman–Crippen MR) is 266 cm³/mol. The molecule has 0 saturated heterocycles. The van der Waals surface area contributed by atoms with Crippen LogP contribution in [0.4, 0.5) is 0 Å². The van der Waals surface area contributed by atoms with E-state index in [1.165, 1.54) is 131 Å². The molecule has 0 aliphatic rings. The minimum Gasteiger partial charge on any atom is -0.309 e. The molecule has 15 aromatic rings. The molecule has 0 bridgehead atoms. The fraction of sp³-hybridized carbons (Fsp3) is 0. The number of hydrogen-bond acceptors (Lipinski definition) is 0. The van der Waals surface area contributed by atoms with Gasteiger partial charge in [0, 0.05) is 59.5 Å². The van der Waals surface area contributed by atoms with Crippen molar-refractivity contribution in [3.05, 3.63) is 212 Å². The number of nitrogens with zero attached hydrogens (tertiary/aromatic N) is 3. The first-order valence-corrected chi connectivity index (χ1v) is 21.8. The van der Waals surface area contributed by atoms with E-state index in [-0.39, 0.29) is 0 Å². The Kier molecular flexibility index (Phi) is 6.41. The molecule has 10 aromatic carbocycles. The van der Waals surface area contributed by atoms with Crippen LogP contribution in [0.2, 0.25) is 0 Å². The fourth-order valence-corrected chi connectivity index (χ4v) is 11.3. The number of aromatic nitrogens is 3. The molecule has 63 heavy (non-hydrogen) atoms. The van der Waals surface area contributed by atoms with Gasteiger partial charge in [-0.15, -0.1) is 0 Å². The summed E-state index contributed by atoms with van der Waals surface area (Å²) in [4.78, 5) is 0. The van der Waals surface area contributed by atoms with Gasteiger partial charge in [-0.05, 0) is 106 Å². The summed E-state index contributed by atoms with van der Waals surface area (Å²) in [6, 6.07) is 79.0. The van der Waals surface area contributed by atoms with Gasteiger partial charge in [0.05, 0.1) is 44.1 Å². The summed E-state index contributed by atoms with van der Waals surface area (Å²) in [6.07, 6.45) is 0. The van der Waals surface area contributed by atoms with Gasteiger partial charge >= 0.3 is 0 Å². The highest BCUT2D eigenvalue weighted by Gasteiger charge is 2.21. The second-order valence-corrected chi connectivity index (χ2v) is 17.3. The molecule has 15 rings (SSSR count). The lowest BCUT2D eigenvalue weighted by Gasteiger charge is -2.10. The van der Waals surface area contributed by atoms with Gasteiger partial charge in [-0.2, -0.15) is 0 Å². The van der Waals surface area contributed by atoms with Crippen molar-refractivity contribution in [2.24, 2.45) is 0 Å². The Morgan fingerprint density at radius 2 is 0.540 bits per heavy atom. The van der Waals surface area contributed by atoms with Crippen molar-refractivity contribution in [3.63, 3.8) is 0 Å². The van der Waals surface area contributed by atoms with Crippen LogP contribution in [0.5, 0.6) is 0 Å². The predicted octanol–water partition coefficient (Wildman–Crippen LogP) is 16.1. The highest BCUT2D eigenvalue weighted by atomic mass is 15.0. The van der Waals surface area contributed by atoms with E-state index in [0.717, 1.165) is 5.69 Å². The molecule has 5 heterocycles. The van der Waals surface area contributed by atoms with E-state index in [0.29, 0.717) is 0 Å². The Labute approximate surface area is 361 Å². The molecule has 0 saturated carbocycles. The van der Waals surface area contributed by atoms with E-state index in [2.05, 4.69) is 226 Å². The molecule has 5 aromatic heterocycles. The van der Waals surface area contributed by atoms with Gasteiger partial charge in [0.15, 0.2) is 0 Å². The van der Waals surface area contributed by atoms with Crippen LogP contribution in [0.15, 0.2) is 212 Å². The molecular formula is C60H35N3. The van der Waals surface area contributed by atoms with Gasteiger partial charge in [0.1, 0.15) is 0 Å². The van der Waals surface area contributed by atoms with Crippen molar-refractivity contribution in [1.82, 2.24) is 13.4 Å². The zero-order valence-electron chi connectivity index (χ0n) is 34.0. The summed E-state index contributed by atoms with van der Waals surface area (Å²) in [7, 11) is 0. The second kappa shape index (κ2) is 12.1. The maximum Gasteiger partial charge on any atom is 0.0620 e. The van der Waals surface area contributed by atoms with Crippen molar-refractivity contribution >= 4 is 98.0 Å². The first-order valence-electron chi connectivity index (χ1n) is 21.8. The van der Waals surface area contributed by atoms with Crippen LogP contribution in [0, 0.1) is 0 Å². The third kappa shape index (κ3) is 4.42. The molecule has 0 amide bonds. The number of rotatable bonds is 4. The van der Waals surface area contributed by atoms with Gasteiger partial charge in [0.2, 0.25) is 0 Å². The highest BCUT2D eigenvalue weighted by molar-refractivity contribution is 6.25. The first kappa shape index (κ1) is 33.3. The Bertz CT molecular complexity index is 4110. The third-order valence-corrected chi connectivity index (χ3v) is 14.1. The van der Waals surface area contributed by atoms with Crippen LogP contribution < -0.4 is 0 Å². The quantitative estimate of drug-likeness (QED) is 0.168. The molecule has 0 fully saturated rings. The average Bonchev–Trinajstić information content (AvgIpc) is 4.14. The normalized spacial score (nSPS) is 12.4. The number of fused-ring (bicyclic) bond motifs is 15. The number of para-hydroxylation sites is 4. The molecule has 0 N–H and O–H groups in total. The zero-order chi connectivity index (χ0) is 40.9. The SMILES string of the molecule is c1ccc(-c2ccc(-n3c4ccc(-c5ccc6c(c5)c5cccc7c8ccccc8n6c75)cc4c4cc(-c5ccc6c(c5)c5cccc7c8ccccc8n6c75)ccc43)cc2)cc1. The molecular weight excluding hydrogens is 763 g/mol. The van der Waals surface area contributed by atoms with Crippen molar-refractivity contribution in [2.75, 3.05) is 0 Å². The fourth-order valence-electron chi connectivity index (χ4n) is 11.3. The van der Waals surface area contributed by atoms with Gasteiger partial charge in [0.25, 0.3) is 0 Å². The first-order chi connectivity index (χ1) is 31.2. The zero-order valence-corrected chi connectivity index (χ0v) is 34.0. The summed E-state index contributed by atoms with van der Waals surface area (Å²) < 4.78 is 7.36. The summed E-state index contributed by atoms with van der Waals surface area (Å²) in [5.74, 6) is 0. The Hall–Kier alpha value is -8.40. The molecule has 0 spiro atoms. The van der Waals surface area contributed by atoms with Crippen LogP contribution in [0.1, 0.15) is 0 Å². The largest absolute Gasteiger partial charge is 0.309 e. The summed E-state index contributed by atoms with van der Waals surface area (Å²) >= 11 is 0. The summed E-state index contributed by atoms with van der Waals surface area (Å²) in [5.41, 5.74) is 18.5. The lowest BCUT2D eigenvalue weighted by Crippen LogP contribution is -1.94. The molecule has 0 radical (unpaired) electrons. The molecule has 0 aliphatic carbocycles. The minimum absolute atomic E-state index is 1.15. The minimum atomic E-state index is 1.15. The van der Waals surface area contributed by atoms with Crippen molar-refractivity contribution < 1.29 is 0 Å². The maximum atomic E-state index is 2.46. The molecule has 0 aliphatic heterocycles.